The van der Waals surface area contributed by atoms with Crippen LogP contribution in [0, 0.1) is 0 Å². The second kappa shape index (κ2) is 6.70. The van der Waals surface area contributed by atoms with Gasteiger partial charge in [-0.05, 0) is 54.4 Å². The van der Waals surface area contributed by atoms with E-state index in [2.05, 4.69) is 10.1 Å². The van der Waals surface area contributed by atoms with Gasteiger partial charge in [0.05, 0.1) is 0 Å². The van der Waals surface area contributed by atoms with Gasteiger partial charge in [-0.1, -0.05) is 0 Å². The maximum atomic E-state index is 12.2. The van der Waals surface area contributed by atoms with Gasteiger partial charge < -0.3 is 15.0 Å². The number of nitrogens with one attached hydrogen (secondary N) is 1. The quantitative estimate of drug-likeness (QED) is 0.903. The van der Waals surface area contributed by atoms with E-state index in [1.54, 1.807) is 23.1 Å². The molecule has 26 heavy (non-hydrogen) atoms. The molecule has 1 aliphatic rings. The second-order valence-corrected chi connectivity index (χ2v) is 5.79. The Hall–Kier alpha value is -3.03. The van der Waals surface area contributed by atoms with Crippen molar-refractivity contribution < 1.29 is 27.5 Å². The molecule has 0 bridgehead atoms. The molecular formula is C18H15F3N2O3. The number of amides is 2. The lowest BCUT2D eigenvalue weighted by atomic mass is 10.1. The maximum Gasteiger partial charge on any atom is 0.573 e. The average Bonchev–Trinajstić information content (AvgIpc) is 2.97. The van der Waals surface area contributed by atoms with Crippen molar-refractivity contribution >= 4 is 23.2 Å². The third kappa shape index (κ3) is 3.96. The molecule has 1 N–H and O–H groups in total. The molecule has 0 saturated heterocycles. The number of benzene rings is 2. The van der Waals surface area contributed by atoms with E-state index in [1.807, 2.05) is 0 Å². The van der Waals surface area contributed by atoms with Gasteiger partial charge in [-0.25, -0.2) is 0 Å². The lowest BCUT2D eigenvalue weighted by Crippen LogP contribution is -2.25. The fourth-order valence-corrected chi connectivity index (χ4v) is 2.82. The minimum atomic E-state index is -4.78. The number of anilines is 2. The van der Waals surface area contributed by atoms with Gasteiger partial charge in [-0.2, -0.15) is 0 Å². The van der Waals surface area contributed by atoms with Crippen molar-refractivity contribution in [2.75, 3.05) is 16.8 Å². The van der Waals surface area contributed by atoms with Crippen LogP contribution in [0.4, 0.5) is 24.5 Å². The second-order valence-electron chi connectivity index (χ2n) is 5.79. The molecule has 1 aliphatic heterocycles. The molecule has 0 spiro atoms. The maximum absolute atomic E-state index is 12.2. The normalized spacial score (nSPS) is 13.3. The van der Waals surface area contributed by atoms with Gasteiger partial charge in [0.2, 0.25) is 5.91 Å². The molecule has 0 aromatic heterocycles. The van der Waals surface area contributed by atoms with Gasteiger partial charge >= 0.3 is 6.36 Å². The number of fused-ring (bicyclic) bond motifs is 1. The lowest BCUT2D eigenvalue weighted by molar-refractivity contribution is -0.274. The topological polar surface area (TPSA) is 58.6 Å². The van der Waals surface area contributed by atoms with Crippen LogP contribution in [-0.4, -0.2) is 24.7 Å². The Morgan fingerprint density at radius 2 is 1.81 bits per heavy atom. The minimum absolute atomic E-state index is 0.0401. The highest BCUT2D eigenvalue weighted by Crippen LogP contribution is 2.30. The Labute approximate surface area is 147 Å². The number of alkyl halides is 3. The molecule has 0 saturated carbocycles. The van der Waals surface area contributed by atoms with E-state index < -0.39 is 18.0 Å². The van der Waals surface area contributed by atoms with Gasteiger partial charge in [0.1, 0.15) is 5.75 Å². The summed E-state index contributed by atoms with van der Waals surface area (Å²) in [7, 11) is 0. The number of halogens is 3. The number of hydrogen-bond donors (Lipinski definition) is 1. The molecule has 0 fully saturated rings. The van der Waals surface area contributed by atoms with Crippen LogP contribution in [0.3, 0.4) is 0 Å². The first-order chi connectivity index (χ1) is 12.2. The van der Waals surface area contributed by atoms with E-state index in [1.165, 1.54) is 19.1 Å². The zero-order valence-electron chi connectivity index (χ0n) is 13.8. The smallest absolute Gasteiger partial charge is 0.406 e. The summed E-state index contributed by atoms with van der Waals surface area (Å²) in [5, 5.41) is 2.69. The van der Waals surface area contributed by atoms with Crippen molar-refractivity contribution in [2.24, 2.45) is 0 Å². The van der Waals surface area contributed by atoms with Gasteiger partial charge in [0.25, 0.3) is 5.91 Å². The van der Waals surface area contributed by atoms with Crippen molar-refractivity contribution in [3.05, 3.63) is 53.6 Å². The molecule has 0 unspecified atom stereocenters. The summed E-state index contributed by atoms with van der Waals surface area (Å²) in [6.07, 6.45) is -4.08. The fourth-order valence-electron chi connectivity index (χ4n) is 2.82. The molecule has 3 rings (SSSR count). The van der Waals surface area contributed by atoms with Crippen LogP contribution in [0.15, 0.2) is 42.5 Å². The Kier molecular flexibility index (Phi) is 4.58. The van der Waals surface area contributed by atoms with E-state index in [0.717, 1.165) is 23.4 Å². The lowest BCUT2D eigenvalue weighted by Gasteiger charge is -2.15. The van der Waals surface area contributed by atoms with Gasteiger partial charge in [0, 0.05) is 30.4 Å². The molecule has 1 heterocycles. The first-order valence-corrected chi connectivity index (χ1v) is 7.81. The Bertz CT molecular complexity index is 848. The van der Waals surface area contributed by atoms with Crippen LogP contribution in [0.5, 0.6) is 5.75 Å². The van der Waals surface area contributed by atoms with Crippen LogP contribution >= 0.6 is 0 Å². The summed E-state index contributed by atoms with van der Waals surface area (Å²) in [5.41, 5.74) is 2.52. The SMILES string of the molecule is CC(=O)N1CCc2cc(NC(=O)c3ccc(OC(F)(F)F)cc3)ccc21. The molecule has 2 aromatic rings. The Morgan fingerprint density at radius 1 is 1.12 bits per heavy atom. The summed E-state index contributed by atoms with van der Waals surface area (Å²) < 4.78 is 40.2. The van der Waals surface area contributed by atoms with Gasteiger partial charge in [-0.3, -0.25) is 9.59 Å². The molecular weight excluding hydrogens is 349 g/mol. The summed E-state index contributed by atoms with van der Waals surface area (Å²) in [6.45, 7) is 2.10. The van der Waals surface area contributed by atoms with Crippen molar-refractivity contribution in [3.8, 4) is 5.75 Å². The van der Waals surface area contributed by atoms with Crippen LogP contribution in [-0.2, 0) is 11.2 Å². The number of rotatable bonds is 3. The number of nitrogens with zero attached hydrogens (tertiary/aromatic N) is 1. The summed E-state index contributed by atoms with van der Waals surface area (Å²) in [5.74, 6) is -0.887. The van der Waals surface area contributed by atoms with Crippen molar-refractivity contribution in [2.45, 2.75) is 19.7 Å². The molecule has 0 radical (unpaired) electrons. The fraction of sp³-hybridized carbons (Fsp3) is 0.222. The van der Waals surface area contributed by atoms with E-state index >= 15 is 0 Å². The molecule has 2 aromatic carbocycles. The van der Waals surface area contributed by atoms with Crippen LogP contribution in [0.1, 0.15) is 22.8 Å². The monoisotopic (exact) mass is 364 g/mol. The summed E-state index contributed by atoms with van der Waals surface area (Å²) in [6, 6.07) is 9.89. The van der Waals surface area contributed by atoms with E-state index in [9.17, 15) is 22.8 Å². The zero-order chi connectivity index (χ0) is 18.9. The molecule has 136 valence electrons. The molecule has 5 nitrogen and oxygen atoms in total. The number of ether oxygens (including phenoxy) is 1. The molecule has 0 aliphatic carbocycles. The highest BCUT2D eigenvalue weighted by molar-refractivity contribution is 6.04. The van der Waals surface area contributed by atoms with Crippen molar-refractivity contribution in [1.82, 2.24) is 0 Å². The van der Waals surface area contributed by atoms with E-state index in [-0.39, 0.29) is 11.5 Å². The summed E-state index contributed by atoms with van der Waals surface area (Å²) >= 11 is 0. The third-order valence-corrected chi connectivity index (χ3v) is 3.96. The summed E-state index contributed by atoms with van der Waals surface area (Å²) in [4.78, 5) is 25.5. The van der Waals surface area contributed by atoms with Crippen LogP contribution in [0.25, 0.3) is 0 Å². The van der Waals surface area contributed by atoms with Gasteiger partial charge in [-0.15, -0.1) is 13.2 Å². The largest absolute Gasteiger partial charge is 0.573 e. The van der Waals surface area contributed by atoms with E-state index in [0.29, 0.717) is 18.7 Å². The Morgan fingerprint density at radius 3 is 2.42 bits per heavy atom. The number of carbonyl (C=O) groups excluding carboxylic acids is 2. The first-order valence-electron chi connectivity index (χ1n) is 7.81. The third-order valence-electron chi connectivity index (χ3n) is 3.96. The highest BCUT2D eigenvalue weighted by Gasteiger charge is 2.31. The average molecular weight is 364 g/mol. The Balaban J connectivity index is 1.70. The van der Waals surface area contributed by atoms with Crippen LogP contribution < -0.4 is 15.0 Å². The molecule has 0 atom stereocenters. The predicted molar refractivity (Wildman–Crippen MR) is 89.3 cm³/mol. The number of hydrogen-bond acceptors (Lipinski definition) is 3. The zero-order valence-corrected chi connectivity index (χ0v) is 13.8. The van der Waals surface area contributed by atoms with Crippen molar-refractivity contribution in [3.63, 3.8) is 0 Å². The standard InChI is InChI=1S/C18H15F3N2O3/c1-11(24)23-9-8-13-10-14(4-7-16(13)23)22-17(25)12-2-5-15(6-3-12)26-18(19,20)21/h2-7,10H,8-9H2,1H3,(H,22,25). The molecule has 8 heteroatoms. The predicted octanol–water partition coefficient (Wildman–Crippen LogP) is 3.75. The van der Waals surface area contributed by atoms with E-state index in [4.69, 9.17) is 0 Å². The first kappa shape index (κ1) is 17.8. The van der Waals surface area contributed by atoms with Crippen LogP contribution in [0.2, 0.25) is 0 Å². The van der Waals surface area contributed by atoms with Gasteiger partial charge in [0.15, 0.2) is 0 Å². The molecule has 2 amide bonds. The number of carbonyl (C=O) groups is 2. The minimum Gasteiger partial charge on any atom is -0.406 e. The van der Waals surface area contributed by atoms with Crippen molar-refractivity contribution in [1.29, 1.82) is 0 Å². The highest BCUT2D eigenvalue weighted by atomic mass is 19.4.